The molecule has 0 radical (unpaired) electrons. The molecule has 0 aliphatic carbocycles. The van der Waals surface area contributed by atoms with E-state index in [0.717, 1.165) is 11.3 Å². The van der Waals surface area contributed by atoms with Crippen molar-refractivity contribution in [1.29, 1.82) is 0 Å². The normalized spacial score (nSPS) is 10.7. The first-order valence-electron chi connectivity index (χ1n) is 6.37. The first kappa shape index (κ1) is 14.5. The molecule has 1 N–H and O–H groups in total. The fraction of sp³-hybridized carbons (Fsp3) is 0.267. The van der Waals surface area contributed by atoms with E-state index in [1.807, 2.05) is 32.9 Å². The van der Waals surface area contributed by atoms with Crippen LogP contribution in [0.3, 0.4) is 0 Å². The standard InChI is InChI=1S/C15H16ClN3O/c1-9(2)12-7-11(8-13(16)18-12)15(20)19-14-6-10(3)4-5-17-14/h4-9H,1-3H3,(H,17,19,20). The molecular formula is C15H16ClN3O. The number of hydrogen-bond acceptors (Lipinski definition) is 3. The van der Waals surface area contributed by atoms with Gasteiger partial charge in [0.2, 0.25) is 0 Å². The van der Waals surface area contributed by atoms with E-state index in [9.17, 15) is 4.79 Å². The number of pyridine rings is 2. The summed E-state index contributed by atoms with van der Waals surface area (Å²) >= 11 is 5.96. The largest absolute Gasteiger partial charge is 0.307 e. The second-order valence-electron chi connectivity index (χ2n) is 4.93. The van der Waals surface area contributed by atoms with E-state index in [0.29, 0.717) is 16.5 Å². The van der Waals surface area contributed by atoms with Gasteiger partial charge in [-0.2, -0.15) is 0 Å². The van der Waals surface area contributed by atoms with Gasteiger partial charge < -0.3 is 5.32 Å². The maximum atomic E-state index is 12.2. The molecule has 4 nitrogen and oxygen atoms in total. The van der Waals surface area contributed by atoms with Crippen molar-refractivity contribution in [3.8, 4) is 0 Å². The van der Waals surface area contributed by atoms with E-state index in [1.54, 1.807) is 18.3 Å². The summed E-state index contributed by atoms with van der Waals surface area (Å²) in [6, 6.07) is 6.99. The van der Waals surface area contributed by atoms with Gasteiger partial charge in [-0.3, -0.25) is 4.79 Å². The Morgan fingerprint density at radius 1 is 1.30 bits per heavy atom. The van der Waals surface area contributed by atoms with Crippen LogP contribution in [0.25, 0.3) is 0 Å². The maximum absolute atomic E-state index is 12.2. The monoisotopic (exact) mass is 289 g/mol. The molecule has 0 aliphatic heterocycles. The summed E-state index contributed by atoms with van der Waals surface area (Å²) in [5.41, 5.74) is 2.31. The number of aryl methyl sites for hydroxylation is 1. The summed E-state index contributed by atoms with van der Waals surface area (Å²) in [6.45, 7) is 5.95. The number of anilines is 1. The van der Waals surface area contributed by atoms with Gasteiger partial charge in [-0.1, -0.05) is 25.4 Å². The van der Waals surface area contributed by atoms with Crippen molar-refractivity contribution in [3.63, 3.8) is 0 Å². The van der Waals surface area contributed by atoms with E-state index in [2.05, 4.69) is 15.3 Å². The van der Waals surface area contributed by atoms with Gasteiger partial charge in [-0.15, -0.1) is 0 Å². The molecule has 0 aromatic carbocycles. The van der Waals surface area contributed by atoms with Gasteiger partial charge in [-0.25, -0.2) is 9.97 Å². The molecule has 0 saturated heterocycles. The third-order valence-electron chi connectivity index (χ3n) is 2.82. The van der Waals surface area contributed by atoms with Crippen LogP contribution in [0, 0.1) is 6.92 Å². The number of aromatic nitrogens is 2. The van der Waals surface area contributed by atoms with Crippen molar-refractivity contribution in [2.24, 2.45) is 0 Å². The summed E-state index contributed by atoms with van der Waals surface area (Å²) in [5, 5.41) is 3.07. The predicted molar refractivity (Wildman–Crippen MR) is 80.3 cm³/mol. The molecule has 0 spiro atoms. The minimum absolute atomic E-state index is 0.206. The molecule has 2 rings (SSSR count). The number of amides is 1. The zero-order chi connectivity index (χ0) is 14.7. The quantitative estimate of drug-likeness (QED) is 0.874. The molecule has 0 saturated carbocycles. The molecule has 0 fully saturated rings. The summed E-state index contributed by atoms with van der Waals surface area (Å²) in [4.78, 5) is 20.5. The van der Waals surface area contributed by atoms with Crippen LogP contribution in [-0.2, 0) is 0 Å². The lowest BCUT2D eigenvalue weighted by molar-refractivity contribution is 0.102. The fourth-order valence-electron chi connectivity index (χ4n) is 1.74. The predicted octanol–water partition coefficient (Wildman–Crippen LogP) is 3.81. The molecule has 5 heteroatoms. The Bertz CT molecular complexity index is 641. The molecule has 0 bridgehead atoms. The Kier molecular flexibility index (Phi) is 4.35. The van der Waals surface area contributed by atoms with E-state index in [-0.39, 0.29) is 11.8 Å². The van der Waals surface area contributed by atoms with Crippen molar-refractivity contribution >= 4 is 23.3 Å². The van der Waals surface area contributed by atoms with Crippen molar-refractivity contribution in [2.75, 3.05) is 5.32 Å². The number of carbonyl (C=O) groups is 1. The zero-order valence-corrected chi connectivity index (χ0v) is 12.4. The number of halogens is 1. The third-order valence-corrected chi connectivity index (χ3v) is 3.02. The molecule has 2 heterocycles. The average Bonchev–Trinajstić information content (AvgIpc) is 2.37. The van der Waals surface area contributed by atoms with Crippen LogP contribution >= 0.6 is 11.6 Å². The Hall–Kier alpha value is -1.94. The Balaban J connectivity index is 2.25. The van der Waals surface area contributed by atoms with Crippen LogP contribution in [-0.4, -0.2) is 15.9 Å². The highest BCUT2D eigenvalue weighted by molar-refractivity contribution is 6.29. The molecule has 1 amide bonds. The van der Waals surface area contributed by atoms with Gasteiger partial charge in [0, 0.05) is 17.5 Å². The highest BCUT2D eigenvalue weighted by Gasteiger charge is 2.12. The van der Waals surface area contributed by atoms with Crippen molar-refractivity contribution < 1.29 is 4.79 Å². The van der Waals surface area contributed by atoms with Gasteiger partial charge >= 0.3 is 0 Å². The van der Waals surface area contributed by atoms with Crippen molar-refractivity contribution in [1.82, 2.24) is 9.97 Å². The summed E-state index contributed by atoms with van der Waals surface area (Å²) in [7, 11) is 0. The van der Waals surface area contributed by atoms with Crippen LogP contribution in [0.4, 0.5) is 5.82 Å². The Morgan fingerprint density at radius 2 is 2.05 bits per heavy atom. The van der Waals surface area contributed by atoms with E-state index in [4.69, 9.17) is 11.6 Å². The Morgan fingerprint density at radius 3 is 2.70 bits per heavy atom. The van der Waals surface area contributed by atoms with Crippen molar-refractivity contribution in [2.45, 2.75) is 26.7 Å². The molecule has 0 atom stereocenters. The SMILES string of the molecule is Cc1ccnc(NC(=O)c2cc(Cl)nc(C(C)C)c2)c1. The molecule has 2 aromatic rings. The summed E-state index contributed by atoms with van der Waals surface area (Å²) in [5.74, 6) is 0.487. The smallest absolute Gasteiger partial charge is 0.256 e. The minimum atomic E-state index is -0.241. The van der Waals surface area contributed by atoms with Gasteiger partial charge in [0.05, 0.1) is 0 Å². The second kappa shape index (κ2) is 6.01. The summed E-state index contributed by atoms with van der Waals surface area (Å²) in [6.07, 6.45) is 1.66. The second-order valence-corrected chi connectivity index (χ2v) is 5.32. The minimum Gasteiger partial charge on any atom is -0.307 e. The lowest BCUT2D eigenvalue weighted by atomic mass is 10.1. The van der Waals surface area contributed by atoms with Gasteiger partial charge in [0.15, 0.2) is 0 Å². The molecule has 0 unspecified atom stereocenters. The average molecular weight is 290 g/mol. The third kappa shape index (κ3) is 3.54. The number of hydrogen-bond donors (Lipinski definition) is 1. The number of carbonyl (C=O) groups excluding carboxylic acids is 1. The molecule has 20 heavy (non-hydrogen) atoms. The molecule has 2 aromatic heterocycles. The van der Waals surface area contributed by atoms with Gasteiger partial charge in [0.1, 0.15) is 11.0 Å². The maximum Gasteiger partial charge on any atom is 0.256 e. The highest BCUT2D eigenvalue weighted by atomic mass is 35.5. The van der Waals surface area contributed by atoms with Crippen molar-refractivity contribution in [3.05, 3.63) is 52.4 Å². The number of nitrogens with zero attached hydrogens (tertiary/aromatic N) is 2. The van der Waals surface area contributed by atoms with Gasteiger partial charge in [0.25, 0.3) is 5.91 Å². The lowest BCUT2D eigenvalue weighted by Gasteiger charge is -2.09. The number of rotatable bonds is 3. The van der Waals surface area contributed by atoms with Crippen LogP contribution in [0.2, 0.25) is 5.15 Å². The van der Waals surface area contributed by atoms with Crippen LogP contribution in [0.5, 0.6) is 0 Å². The lowest BCUT2D eigenvalue weighted by Crippen LogP contribution is -2.14. The molecule has 0 aliphatic rings. The van der Waals surface area contributed by atoms with Crippen LogP contribution < -0.4 is 5.32 Å². The Labute approximate surface area is 123 Å². The molecule has 104 valence electrons. The fourth-order valence-corrected chi connectivity index (χ4v) is 1.95. The van der Waals surface area contributed by atoms with E-state index >= 15 is 0 Å². The van der Waals surface area contributed by atoms with E-state index < -0.39 is 0 Å². The van der Waals surface area contributed by atoms with Crippen LogP contribution in [0.1, 0.15) is 41.4 Å². The van der Waals surface area contributed by atoms with Gasteiger partial charge in [-0.05, 0) is 42.7 Å². The van der Waals surface area contributed by atoms with Crippen LogP contribution in [0.15, 0.2) is 30.5 Å². The summed E-state index contributed by atoms with van der Waals surface area (Å²) < 4.78 is 0. The van der Waals surface area contributed by atoms with E-state index in [1.165, 1.54) is 0 Å². The highest BCUT2D eigenvalue weighted by Crippen LogP contribution is 2.18. The topological polar surface area (TPSA) is 54.9 Å². The first-order valence-corrected chi connectivity index (χ1v) is 6.75. The molecular weight excluding hydrogens is 274 g/mol. The zero-order valence-electron chi connectivity index (χ0n) is 11.6. The first-order chi connectivity index (χ1) is 9.45. The number of nitrogens with one attached hydrogen (secondary N) is 1.